The number of imide groups is 1. The molecular formula is C20H15BrN2O4S. The van der Waals surface area contributed by atoms with Crippen molar-refractivity contribution in [3.63, 3.8) is 0 Å². The first-order valence-electron chi connectivity index (χ1n) is 8.19. The zero-order valence-corrected chi connectivity index (χ0v) is 17.2. The first-order chi connectivity index (χ1) is 13.5. The molecule has 0 spiro atoms. The molecule has 8 heteroatoms. The van der Waals surface area contributed by atoms with Gasteiger partial charge in [0.15, 0.2) is 18.1 Å². The molecule has 0 aliphatic carbocycles. The minimum atomic E-state index is -0.332. The zero-order chi connectivity index (χ0) is 20.1. The molecule has 1 fully saturated rings. The van der Waals surface area contributed by atoms with Crippen molar-refractivity contribution in [3.8, 4) is 17.6 Å². The van der Waals surface area contributed by atoms with Gasteiger partial charge < -0.3 is 9.47 Å². The largest absolute Gasteiger partial charge is 0.493 e. The molecule has 0 unspecified atom stereocenters. The summed E-state index contributed by atoms with van der Waals surface area (Å²) in [6.07, 6.45) is 1.64. The second-order valence-electron chi connectivity index (χ2n) is 5.75. The van der Waals surface area contributed by atoms with Crippen LogP contribution in [0.3, 0.4) is 0 Å². The van der Waals surface area contributed by atoms with Crippen LogP contribution in [0, 0.1) is 11.3 Å². The Bertz CT molecular complexity index is 983. The van der Waals surface area contributed by atoms with E-state index in [4.69, 9.17) is 14.7 Å². The van der Waals surface area contributed by atoms with Gasteiger partial charge in [0.05, 0.1) is 18.6 Å². The molecule has 28 heavy (non-hydrogen) atoms. The maximum absolute atomic E-state index is 12.7. The van der Waals surface area contributed by atoms with Crippen LogP contribution in [-0.2, 0) is 11.3 Å². The Morgan fingerprint density at radius 3 is 2.61 bits per heavy atom. The summed E-state index contributed by atoms with van der Waals surface area (Å²) in [4.78, 5) is 26.5. The SMILES string of the molecule is COc1cc(/C=C2\SC(=O)N(Cc3ccc(Br)cc3)C2=O)ccc1OCC#N. The van der Waals surface area contributed by atoms with Crippen molar-refractivity contribution in [3.05, 3.63) is 63.0 Å². The molecule has 0 N–H and O–H groups in total. The highest BCUT2D eigenvalue weighted by Crippen LogP contribution is 2.35. The summed E-state index contributed by atoms with van der Waals surface area (Å²) in [5.41, 5.74) is 1.56. The number of thioether (sulfide) groups is 1. The lowest BCUT2D eigenvalue weighted by molar-refractivity contribution is -0.123. The molecule has 0 atom stereocenters. The van der Waals surface area contributed by atoms with Gasteiger partial charge in [0.25, 0.3) is 11.1 Å². The van der Waals surface area contributed by atoms with Gasteiger partial charge in [-0.1, -0.05) is 34.1 Å². The van der Waals surface area contributed by atoms with Crippen LogP contribution < -0.4 is 9.47 Å². The molecule has 2 amide bonds. The van der Waals surface area contributed by atoms with E-state index in [2.05, 4.69) is 15.9 Å². The van der Waals surface area contributed by atoms with Gasteiger partial charge in [0, 0.05) is 4.47 Å². The number of nitriles is 1. The van der Waals surface area contributed by atoms with Crippen molar-refractivity contribution >= 4 is 44.9 Å². The van der Waals surface area contributed by atoms with Crippen molar-refractivity contribution in [2.75, 3.05) is 13.7 Å². The van der Waals surface area contributed by atoms with E-state index in [1.54, 1.807) is 24.3 Å². The van der Waals surface area contributed by atoms with Gasteiger partial charge in [-0.2, -0.15) is 5.26 Å². The number of amides is 2. The van der Waals surface area contributed by atoms with Crippen molar-refractivity contribution < 1.29 is 19.1 Å². The molecular weight excluding hydrogens is 444 g/mol. The van der Waals surface area contributed by atoms with E-state index in [0.717, 1.165) is 21.8 Å². The van der Waals surface area contributed by atoms with Gasteiger partial charge in [-0.05, 0) is 53.2 Å². The van der Waals surface area contributed by atoms with E-state index in [1.165, 1.54) is 12.0 Å². The number of ether oxygens (including phenoxy) is 2. The predicted molar refractivity (Wildman–Crippen MR) is 110 cm³/mol. The Morgan fingerprint density at radius 2 is 1.93 bits per heavy atom. The maximum atomic E-state index is 12.7. The van der Waals surface area contributed by atoms with Gasteiger partial charge in [0.1, 0.15) is 6.07 Å². The third-order valence-corrected chi connectivity index (χ3v) is 5.34. The molecule has 6 nitrogen and oxygen atoms in total. The smallest absolute Gasteiger partial charge is 0.293 e. The number of methoxy groups -OCH3 is 1. The Hall–Kier alpha value is -2.76. The molecule has 3 rings (SSSR count). The maximum Gasteiger partial charge on any atom is 0.293 e. The minimum Gasteiger partial charge on any atom is -0.493 e. The molecule has 1 heterocycles. The highest BCUT2D eigenvalue weighted by molar-refractivity contribution is 9.10. The van der Waals surface area contributed by atoms with Crippen LogP contribution in [0.25, 0.3) is 6.08 Å². The summed E-state index contributed by atoms with van der Waals surface area (Å²) >= 11 is 4.27. The molecule has 2 aromatic rings. The van der Waals surface area contributed by atoms with Crippen LogP contribution in [0.15, 0.2) is 51.8 Å². The van der Waals surface area contributed by atoms with Gasteiger partial charge in [-0.15, -0.1) is 0 Å². The van der Waals surface area contributed by atoms with Gasteiger partial charge >= 0.3 is 0 Å². The second-order valence-corrected chi connectivity index (χ2v) is 7.66. The third-order valence-electron chi connectivity index (χ3n) is 3.91. The third kappa shape index (κ3) is 4.55. The van der Waals surface area contributed by atoms with Gasteiger partial charge in [-0.25, -0.2) is 0 Å². The number of carbonyl (C=O) groups excluding carboxylic acids is 2. The van der Waals surface area contributed by atoms with Crippen LogP contribution in [0.4, 0.5) is 4.79 Å². The number of hydrogen-bond donors (Lipinski definition) is 0. The van der Waals surface area contributed by atoms with Crippen LogP contribution in [-0.4, -0.2) is 29.8 Å². The number of halogens is 1. The highest BCUT2D eigenvalue weighted by atomic mass is 79.9. The minimum absolute atomic E-state index is 0.0926. The summed E-state index contributed by atoms with van der Waals surface area (Å²) in [6, 6.07) is 14.4. The number of benzene rings is 2. The fourth-order valence-corrected chi connectivity index (χ4v) is 3.67. The lowest BCUT2D eigenvalue weighted by Crippen LogP contribution is -2.27. The summed E-state index contributed by atoms with van der Waals surface area (Å²) in [7, 11) is 1.49. The topological polar surface area (TPSA) is 79.6 Å². The van der Waals surface area contributed by atoms with Crippen molar-refractivity contribution in [1.82, 2.24) is 4.90 Å². The van der Waals surface area contributed by atoms with Crippen LogP contribution >= 0.6 is 27.7 Å². The number of carbonyl (C=O) groups is 2. The molecule has 0 bridgehead atoms. The summed E-state index contributed by atoms with van der Waals surface area (Å²) in [5, 5.41) is 8.32. The standard InChI is InChI=1S/C20H15BrN2O4S/c1-26-17-10-14(4-7-16(17)27-9-8-22)11-18-19(24)23(20(25)28-18)12-13-2-5-15(21)6-3-13/h2-7,10-11H,9,12H2,1H3/b18-11-. The quantitative estimate of drug-likeness (QED) is 0.588. The number of rotatable bonds is 6. The zero-order valence-electron chi connectivity index (χ0n) is 14.8. The second kappa shape index (κ2) is 8.95. The average Bonchev–Trinajstić information content (AvgIpc) is 2.95. The highest BCUT2D eigenvalue weighted by Gasteiger charge is 2.35. The normalized spacial score (nSPS) is 15.0. The van der Waals surface area contributed by atoms with E-state index in [9.17, 15) is 9.59 Å². The first-order valence-corrected chi connectivity index (χ1v) is 9.80. The summed E-state index contributed by atoms with van der Waals surface area (Å²) in [5.74, 6) is 0.546. The van der Waals surface area contributed by atoms with E-state index < -0.39 is 0 Å². The monoisotopic (exact) mass is 458 g/mol. The Kier molecular flexibility index (Phi) is 6.39. The van der Waals surface area contributed by atoms with Crippen LogP contribution in [0.1, 0.15) is 11.1 Å². The Morgan fingerprint density at radius 1 is 1.18 bits per heavy atom. The van der Waals surface area contributed by atoms with Crippen molar-refractivity contribution in [2.24, 2.45) is 0 Å². The number of hydrogen-bond acceptors (Lipinski definition) is 6. The van der Waals surface area contributed by atoms with E-state index >= 15 is 0 Å². The molecule has 1 saturated heterocycles. The fourth-order valence-electron chi connectivity index (χ4n) is 2.56. The Balaban J connectivity index is 1.79. The summed E-state index contributed by atoms with van der Waals surface area (Å²) < 4.78 is 11.5. The van der Waals surface area contributed by atoms with Crippen molar-refractivity contribution in [1.29, 1.82) is 5.26 Å². The van der Waals surface area contributed by atoms with E-state index in [1.807, 2.05) is 30.3 Å². The fraction of sp³-hybridized carbons (Fsp3) is 0.150. The molecule has 1 aliphatic rings. The van der Waals surface area contributed by atoms with Crippen LogP contribution in [0.5, 0.6) is 11.5 Å². The van der Waals surface area contributed by atoms with Gasteiger partial charge in [-0.3, -0.25) is 14.5 Å². The summed E-state index contributed by atoms with van der Waals surface area (Å²) in [6.45, 7) is 0.129. The van der Waals surface area contributed by atoms with E-state index in [0.29, 0.717) is 22.0 Å². The Labute approximate surface area is 174 Å². The number of nitrogens with zero attached hydrogens (tertiary/aromatic N) is 2. The molecule has 0 radical (unpaired) electrons. The van der Waals surface area contributed by atoms with Crippen LogP contribution in [0.2, 0.25) is 0 Å². The molecule has 142 valence electrons. The molecule has 1 aliphatic heterocycles. The van der Waals surface area contributed by atoms with E-state index in [-0.39, 0.29) is 24.3 Å². The molecule has 0 aromatic heterocycles. The van der Waals surface area contributed by atoms with Gasteiger partial charge in [0.2, 0.25) is 0 Å². The van der Waals surface area contributed by atoms with Crippen molar-refractivity contribution in [2.45, 2.75) is 6.54 Å². The lowest BCUT2D eigenvalue weighted by atomic mass is 10.1. The predicted octanol–water partition coefficient (Wildman–Crippen LogP) is 4.60. The molecule has 0 saturated carbocycles. The average molecular weight is 459 g/mol. The lowest BCUT2D eigenvalue weighted by Gasteiger charge is -2.12. The first kappa shape index (κ1) is 20.0. The molecule has 2 aromatic carbocycles.